The largest absolute Gasteiger partial charge is 0.430 e. The van der Waals surface area contributed by atoms with Crippen LogP contribution >= 0.6 is 0 Å². The Hall–Kier alpha value is -1.59. The van der Waals surface area contributed by atoms with Crippen LogP contribution in [0.3, 0.4) is 0 Å². The summed E-state index contributed by atoms with van der Waals surface area (Å²) in [6.07, 6.45) is -1.05. The maximum absolute atomic E-state index is 12.8. The van der Waals surface area contributed by atoms with Gasteiger partial charge in [-0.2, -0.15) is 13.2 Å². The molecule has 0 aliphatic carbocycles. The van der Waals surface area contributed by atoms with Crippen molar-refractivity contribution in [2.75, 3.05) is 0 Å². The lowest BCUT2D eigenvalue weighted by atomic mass is 10.1. The van der Waals surface area contributed by atoms with E-state index in [4.69, 9.17) is 0 Å². The summed E-state index contributed by atoms with van der Waals surface area (Å²) in [5, 5.41) is 0. The number of rotatable bonds is 4. The molecule has 0 aliphatic heterocycles. The van der Waals surface area contributed by atoms with Gasteiger partial charge < -0.3 is 4.42 Å². The van der Waals surface area contributed by atoms with Gasteiger partial charge in [0.2, 0.25) is 11.6 Å². The number of halogens is 3. The normalized spacial score (nSPS) is 10.4. The Balaban J connectivity index is 2.77. The molecule has 6 heteroatoms. The molecule has 0 aromatic carbocycles. The van der Waals surface area contributed by atoms with Gasteiger partial charge in [0, 0.05) is 0 Å². The van der Waals surface area contributed by atoms with Gasteiger partial charge in [-0.1, -0.05) is 0 Å². The molecule has 0 saturated carbocycles. The molecule has 3 nitrogen and oxygen atoms in total. The summed E-state index contributed by atoms with van der Waals surface area (Å²) >= 11 is 0. The van der Waals surface area contributed by atoms with Gasteiger partial charge in [0.05, 0.1) is 12.8 Å². The minimum atomic E-state index is -1.75. The highest BCUT2D eigenvalue weighted by Gasteiger charge is 2.22. The molecule has 0 N–H and O–H groups in total. The van der Waals surface area contributed by atoms with Gasteiger partial charge in [0.15, 0.2) is 5.76 Å². The molecule has 1 heterocycles. The van der Waals surface area contributed by atoms with Gasteiger partial charge in [-0.25, -0.2) is 0 Å². The summed E-state index contributed by atoms with van der Waals surface area (Å²) in [7, 11) is 0. The van der Waals surface area contributed by atoms with Crippen LogP contribution in [0.4, 0.5) is 13.2 Å². The Bertz CT molecular complexity index is 409. The van der Waals surface area contributed by atoms with Crippen molar-refractivity contribution in [2.24, 2.45) is 0 Å². The van der Waals surface area contributed by atoms with Crippen LogP contribution in [0, 0.1) is 17.6 Å². The highest BCUT2D eigenvalue weighted by molar-refractivity contribution is 5.98. The summed E-state index contributed by atoms with van der Waals surface area (Å²) < 4.78 is 41.6. The number of ketones is 2. The number of Topliss-reactive ketones (excluding diaryl/α,β-unsaturated/α-hetero) is 2. The Morgan fingerprint density at radius 1 is 1.20 bits per heavy atom. The minimum absolute atomic E-state index is 0.409. The summed E-state index contributed by atoms with van der Waals surface area (Å²) in [6.45, 7) is 1.18. The minimum Gasteiger partial charge on any atom is -0.430 e. The van der Waals surface area contributed by atoms with Gasteiger partial charge in [-0.3, -0.25) is 9.59 Å². The smallest absolute Gasteiger partial charge is 0.317 e. The SMILES string of the molecule is CC(=O)CC(=O)Cc1oc(F)c(F)c1F. The van der Waals surface area contributed by atoms with E-state index < -0.39 is 47.8 Å². The predicted molar refractivity (Wildman–Crippen MR) is 42.6 cm³/mol. The molecule has 0 spiro atoms. The van der Waals surface area contributed by atoms with Crippen molar-refractivity contribution < 1.29 is 27.2 Å². The van der Waals surface area contributed by atoms with Gasteiger partial charge in [-0.15, -0.1) is 0 Å². The monoisotopic (exact) mass is 220 g/mol. The van der Waals surface area contributed by atoms with Crippen molar-refractivity contribution in [3.8, 4) is 0 Å². The van der Waals surface area contributed by atoms with Crippen molar-refractivity contribution in [3.05, 3.63) is 23.4 Å². The fourth-order valence-electron chi connectivity index (χ4n) is 1.04. The third kappa shape index (κ3) is 2.68. The summed E-state index contributed by atoms with van der Waals surface area (Å²) in [6, 6.07) is -1.70. The molecule has 15 heavy (non-hydrogen) atoms. The Morgan fingerprint density at radius 2 is 1.80 bits per heavy atom. The first kappa shape index (κ1) is 11.5. The molecule has 0 radical (unpaired) electrons. The van der Waals surface area contributed by atoms with Crippen molar-refractivity contribution in [1.82, 2.24) is 0 Å². The topological polar surface area (TPSA) is 47.3 Å². The van der Waals surface area contributed by atoms with Gasteiger partial charge in [0.1, 0.15) is 11.6 Å². The molecule has 0 unspecified atom stereocenters. The Kier molecular flexibility index (Phi) is 3.28. The molecule has 1 aromatic heterocycles. The van der Waals surface area contributed by atoms with Crippen LogP contribution in [0.15, 0.2) is 4.42 Å². The molecule has 0 bridgehead atoms. The number of hydrogen-bond acceptors (Lipinski definition) is 3. The van der Waals surface area contributed by atoms with E-state index >= 15 is 0 Å². The van der Waals surface area contributed by atoms with E-state index in [1.54, 1.807) is 0 Å². The van der Waals surface area contributed by atoms with Crippen molar-refractivity contribution in [1.29, 1.82) is 0 Å². The lowest BCUT2D eigenvalue weighted by molar-refractivity contribution is -0.125. The summed E-state index contributed by atoms with van der Waals surface area (Å²) in [5.41, 5.74) is 0. The van der Waals surface area contributed by atoms with Crippen LogP contribution in [0.2, 0.25) is 0 Å². The molecule has 0 atom stereocenters. The van der Waals surface area contributed by atoms with E-state index in [1.165, 1.54) is 6.92 Å². The third-order valence-electron chi connectivity index (χ3n) is 1.63. The Labute approximate surface area is 82.9 Å². The molecule has 0 fully saturated rings. The van der Waals surface area contributed by atoms with Crippen molar-refractivity contribution in [2.45, 2.75) is 19.8 Å². The zero-order valence-electron chi connectivity index (χ0n) is 7.77. The van der Waals surface area contributed by atoms with Crippen LogP contribution in [0.1, 0.15) is 19.1 Å². The van der Waals surface area contributed by atoms with Crippen LogP contribution in [-0.4, -0.2) is 11.6 Å². The lowest BCUT2D eigenvalue weighted by Crippen LogP contribution is -2.07. The molecule has 1 rings (SSSR count). The number of carbonyl (C=O) groups is 2. The molecule has 82 valence electrons. The van der Waals surface area contributed by atoms with Gasteiger partial charge in [-0.05, 0) is 6.92 Å². The molecule has 0 amide bonds. The van der Waals surface area contributed by atoms with Crippen LogP contribution in [0.25, 0.3) is 0 Å². The van der Waals surface area contributed by atoms with E-state index in [0.29, 0.717) is 0 Å². The average molecular weight is 220 g/mol. The molecular formula is C9H7F3O3. The Morgan fingerprint density at radius 3 is 2.20 bits per heavy atom. The first-order valence-electron chi connectivity index (χ1n) is 4.05. The molecule has 0 aliphatic rings. The first-order valence-corrected chi connectivity index (χ1v) is 4.05. The second-order valence-electron chi connectivity index (χ2n) is 3.02. The second kappa shape index (κ2) is 4.29. The first-order chi connectivity index (χ1) is 6.91. The lowest BCUT2D eigenvalue weighted by Gasteiger charge is -1.94. The average Bonchev–Trinajstić information content (AvgIpc) is 2.32. The van der Waals surface area contributed by atoms with Crippen LogP contribution in [-0.2, 0) is 16.0 Å². The van der Waals surface area contributed by atoms with Crippen LogP contribution in [0.5, 0.6) is 0 Å². The van der Waals surface area contributed by atoms with Crippen molar-refractivity contribution in [3.63, 3.8) is 0 Å². The molecular weight excluding hydrogens is 213 g/mol. The maximum Gasteiger partial charge on any atom is 0.317 e. The van der Waals surface area contributed by atoms with E-state index in [0.717, 1.165) is 0 Å². The zero-order chi connectivity index (χ0) is 11.6. The maximum atomic E-state index is 12.8. The number of hydrogen-bond donors (Lipinski definition) is 0. The highest BCUT2D eigenvalue weighted by atomic mass is 19.2. The van der Waals surface area contributed by atoms with Crippen molar-refractivity contribution >= 4 is 11.6 Å². The second-order valence-corrected chi connectivity index (χ2v) is 3.02. The van der Waals surface area contributed by atoms with E-state index in [1.807, 2.05) is 0 Å². The van der Waals surface area contributed by atoms with E-state index in [9.17, 15) is 22.8 Å². The molecule has 0 saturated heterocycles. The third-order valence-corrected chi connectivity index (χ3v) is 1.63. The van der Waals surface area contributed by atoms with E-state index in [-0.39, 0.29) is 0 Å². The molecule has 1 aromatic rings. The highest BCUT2D eigenvalue weighted by Crippen LogP contribution is 2.18. The predicted octanol–water partition coefficient (Wildman–Crippen LogP) is 1.79. The quantitative estimate of drug-likeness (QED) is 0.726. The van der Waals surface area contributed by atoms with E-state index in [2.05, 4.69) is 4.42 Å². The van der Waals surface area contributed by atoms with Gasteiger partial charge in [0.25, 0.3) is 0 Å². The number of furan rings is 1. The number of carbonyl (C=O) groups excluding carboxylic acids is 2. The fourth-order valence-corrected chi connectivity index (χ4v) is 1.04. The summed E-state index contributed by atoms with van der Waals surface area (Å²) in [4.78, 5) is 21.5. The zero-order valence-corrected chi connectivity index (χ0v) is 7.77. The summed E-state index contributed by atoms with van der Waals surface area (Å²) in [5.74, 6) is -5.07. The standard InChI is InChI=1S/C9H7F3O3/c1-4(13)2-5(14)3-6-7(10)8(11)9(12)15-6/h2-3H2,1H3. The fraction of sp³-hybridized carbons (Fsp3) is 0.333. The van der Waals surface area contributed by atoms with Crippen LogP contribution < -0.4 is 0 Å². The van der Waals surface area contributed by atoms with Gasteiger partial charge >= 0.3 is 6.01 Å².